The van der Waals surface area contributed by atoms with E-state index in [1.54, 1.807) is 6.07 Å². The Kier molecular flexibility index (Phi) is 6.17. The number of nitrogens with zero attached hydrogens (tertiary/aromatic N) is 2. The molecule has 25 heavy (non-hydrogen) atoms. The number of rotatable bonds is 7. The van der Waals surface area contributed by atoms with Gasteiger partial charge in [-0.25, -0.2) is 4.39 Å². The van der Waals surface area contributed by atoms with Gasteiger partial charge in [0.15, 0.2) is 11.6 Å². The van der Waals surface area contributed by atoms with E-state index in [0.29, 0.717) is 11.5 Å². The summed E-state index contributed by atoms with van der Waals surface area (Å²) in [6.07, 6.45) is 0.161. The van der Waals surface area contributed by atoms with Crippen LogP contribution in [-0.2, 0) is 29.1 Å². The number of hydrogen-bond acceptors (Lipinski definition) is 4. The summed E-state index contributed by atoms with van der Waals surface area (Å²) in [5.41, 5.74) is 3.30. The topological polar surface area (TPSA) is 53.4 Å². The Morgan fingerprint density at radius 2 is 2.04 bits per heavy atom. The van der Waals surface area contributed by atoms with Gasteiger partial charge in [0.25, 0.3) is 0 Å². The maximum absolute atomic E-state index is 13.7. The highest BCUT2D eigenvalue weighted by molar-refractivity contribution is 5.73. The van der Waals surface area contributed by atoms with Gasteiger partial charge < -0.3 is 9.47 Å². The van der Waals surface area contributed by atoms with Crippen molar-refractivity contribution in [1.82, 2.24) is 9.78 Å². The molecule has 0 aliphatic carbocycles. The van der Waals surface area contributed by atoms with E-state index in [1.807, 2.05) is 18.5 Å². The number of carbonyl (C=O) groups is 1. The van der Waals surface area contributed by atoms with Crippen molar-refractivity contribution in [2.75, 3.05) is 7.11 Å². The van der Waals surface area contributed by atoms with Crippen LogP contribution in [0, 0.1) is 25.6 Å². The van der Waals surface area contributed by atoms with Gasteiger partial charge in [-0.15, -0.1) is 0 Å². The summed E-state index contributed by atoms with van der Waals surface area (Å²) in [5.74, 6) is -0.189. The first-order valence-electron chi connectivity index (χ1n) is 8.32. The van der Waals surface area contributed by atoms with E-state index >= 15 is 0 Å². The minimum Gasteiger partial charge on any atom is -0.494 e. The number of benzene rings is 1. The van der Waals surface area contributed by atoms with Gasteiger partial charge in [0.1, 0.15) is 6.61 Å². The SMILES string of the molecule is COc1ccc(COC(=O)Cc2c(C)nn(CC(C)C)c2C)cc1F. The molecule has 0 radical (unpaired) electrons. The molecule has 0 saturated heterocycles. The number of carbonyl (C=O) groups excluding carboxylic acids is 1. The van der Waals surface area contributed by atoms with E-state index in [9.17, 15) is 9.18 Å². The van der Waals surface area contributed by atoms with Crippen molar-refractivity contribution in [3.8, 4) is 5.75 Å². The van der Waals surface area contributed by atoms with Gasteiger partial charge in [-0.1, -0.05) is 19.9 Å². The van der Waals surface area contributed by atoms with Crippen molar-refractivity contribution in [1.29, 1.82) is 0 Å². The predicted molar refractivity (Wildman–Crippen MR) is 93.0 cm³/mol. The van der Waals surface area contributed by atoms with E-state index in [2.05, 4.69) is 18.9 Å². The van der Waals surface area contributed by atoms with Crippen LogP contribution in [0.2, 0.25) is 0 Å². The van der Waals surface area contributed by atoms with Crippen LogP contribution >= 0.6 is 0 Å². The molecule has 1 aromatic carbocycles. The van der Waals surface area contributed by atoms with E-state index in [-0.39, 0.29) is 24.7 Å². The van der Waals surface area contributed by atoms with Crippen molar-refractivity contribution >= 4 is 5.97 Å². The molecule has 136 valence electrons. The maximum atomic E-state index is 13.7. The second-order valence-corrected chi connectivity index (χ2v) is 6.53. The standard InChI is InChI=1S/C19H25FN2O3/c1-12(2)10-22-14(4)16(13(3)21-22)9-19(23)25-11-15-6-7-18(24-5)17(20)8-15/h6-8,12H,9-11H2,1-5H3. The average molecular weight is 348 g/mol. The Morgan fingerprint density at radius 3 is 2.64 bits per heavy atom. The van der Waals surface area contributed by atoms with E-state index < -0.39 is 5.82 Å². The first kappa shape index (κ1) is 19.0. The van der Waals surface area contributed by atoms with Gasteiger partial charge >= 0.3 is 5.97 Å². The Labute approximate surface area is 147 Å². The normalized spacial score (nSPS) is 11.0. The summed E-state index contributed by atoms with van der Waals surface area (Å²) < 4.78 is 25.7. The second kappa shape index (κ2) is 8.14. The van der Waals surface area contributed by atoms with Gasteiger partial charge in [-0.2, -0.15) is 5.10 Å². The van der Waals surface area contributed by atoms with Crippen molar-refractivity contribution in [2.45, 2.75) is 47.3 Å². The molecule has 0 amide bonds. The fraction of sp³-hybridized carbons (Fsp3) is 0.474. The van der Waals surface area contributed by atoms with Crippen LogP contribution in [0.1, 0.15) is 36.4 Å². The lowest BCUT2D eigenvalue weighted by Gasteiger charge is -2.09. The molecule has 0 bridgehead atoms. The Hall–Kier alpha value is -2.37. The molecule has 2 aromatic rings. The summed E-state index contributed by atoms with van der Waals surface area (Å²) in [6.45, 7) is 8.94. The minimum atomic E-state index is -0.474. The smallest absolute Gasteiger partial charge is 0.310 e. The molecule has 6 heteroatoms. The predicted octanol–water partition coefficient (Wildman–Crippen LogP) is 3.59. The van der Waals surface area contributed by atoms with E-state index in [4.69, 9.17) is 9.47 Å². The lowest BCUT2D eigenvalue weighted by molar-refractivity contribution is -0.144. The highest BCUT2D eigenvalue weighted by Crippen LogP contribution is 2.19. The summed E-state index contributed by atoms with van der Waals surface area (Å²) in [4.78, 5) is 12.2. The van der Waals surface area contributed by atoms with E-state index in [0.717, 1.165) is 23.5 Å². The molecule has 0 atom stereocenters. The Balaban J connectivity index is 1.99. The summed E-state index contributed by atoms with van der Waals surface area (Å²) >= 11 is 0. The number of halogens is 1. The number of methoxy groups -OCH3 is 1. The summed E-state index contributed by atoms with van der Waals surface area (Å²) in [7, 11) is 1.40. The molecule has 0 unspecified atom stereocenters. The first-order chi connectivity index (χ1) is 11.8. The van der Waals surface area contributed by atoms with Crippen LogP contribution < -0.4 is 4.74 Å². The number of esters is 1. The highest BCUT2D eigenvalue weighted by Gasteiger charge is 2.16. The van der Waals surface area contributed by atoms with Crippen molar-refractivity contribution < 1.29 is 18.7 Å². The Bertz CT molecular complexity index is 753. The fourth-order valence-corrected chi connectivity index (χ4v) is 2.67. The maximum Gasteiger partial charge on any atom is 0.310 e. The summed E-state index contributed by atoms with van der Waals surface area (Å²) in [6, 6.07) is 4.50. The summed E-state index contributed by atoms with van der Waals surface area (Å²) in [5, 5.41) is 4.50. The zero-order valence-electron chi connectivity index (χ0n) is 15.4. The van der Waals surface area contributed by atoms with Crippen LogP contribution in [0.25, 0.3) is 0 Å². The van der Waals surface area contributed by atoms with Crippen LogP contribution in [0.3, 0.4) is 0 Å². The van der Waals surface area contributed by atoms with Gasteiger partial charge in [-0.05, 0) is 37.5 Å². The van der Waals surface area contributed by atoms with Crippen molar-refractivity contribution in [3.05, 3.63) is 46.5 Å². The molecule has 0 aliphatic heterocycles. The number of aromatic nitrogens is 2. The van der Waals surface area contributed by atoms with Crippen molar-refractivity contribution in [3.63, 3.8) is 0 Å². The third-order valence-electron chi connectivity index (χ3n) is 4.01. The van der Waals surface area contributed by atoms with Crippen LogP contribution in [-0.4, -0.2) is 22.9 Å². The average Bonchev–Trinajstić information content (AvgIpc) is 2.80. The number of aryl methyl sites for hydroxylation is 1. The van der Waals surface area contributed by atoms with Gasteiger partial charge in [-0.3, -0.25) is 9.48 Å². The lowest BCUT2D eigenvalue weighted by Crippen LogP contribution is -2.11. The van der Waals surface area contributed by atoms with Gasteiger partial charge in [0.05, 0.1) is 19.2 Å². The second-order valence-electron chi connectivity index (χ2n) is 6.53. The first-order valence-corrected chi connectivity index (χ1v) is 8.32. The molecule has 1 aromatic heterocycles. The Morgan fingerprint density at radius 1 is 1.32 bits per heavy atom. The largest absolute Gasteiger partial charge is 0.494 e. The molecule has 2 rings (SSSR count). The number of hydrogen-bond donors (Lipinski definition) is 0. The molecule has 0 N–H and O–H groups in total. The number of ether oxygens (including phenoxy) is 2. The van der Waals surface area contributed by atoms with Crippen LogP contribution in [0.4, 0.5) is 4.39 Å². The monoisotopic (exact) mass is 348 g/mol. The molecule has 5 nitrogen and oxygen atoms in total. The fourth-order valence-electron chi connectivity index (χ4n) is 2.67. The zero-order valence-corrected chi connectivity index (χ0v) is 15.4. The molecular weight excluding hydrogens is 323 g/mol. The highest BCUT2D eigenvalue weighted by atomic mass is 19.1. The third-order valence-corrected chi connectivity index (χ3v) is 4.01. The van der Waals surface area contributed by atoms with E-state index in [1.165, 1.54) is 19.2 Å². The molecular formula is C19H25FN2O3. The molecule has 0 spiro atoms. The minimum absolute atomic E-state index is 0.0258. The zero-order chi connectivity index (χ0) is 18.6. The quantitative estimate of drug-likeness (QED) is 0.718. The molecule has 1 heterocycles. The molecule has 0 saturated carbocycles. The van der Waals surface area contributed by atoms with Gasteiger partial charge in [0, 0.05) is 17.8 Å². The third kappa shape index (κ3) is 4.81. The van der Waals surface area contributed by atoms with Gasteiger partial charge in [0.2, 0.25) is 0 Å². The lowest BCUT2D eigenvalue weighted by atomic mass is 10.1. The van der Waals surface area contributed by atoms with Crippen LogP contribution in [0.5, 0.6) is 5.75 Å². The van der Waals surface area contributed by atoms with Crippen molar-refractivity contribution in [2.24, 2.45) is 5.92 Å². The molecule has 0 fully saturated rings. The van der Waals surface area contributed by atoms with Crippen LogP contribution in [0.15, 0.2) is 18.2 Å². The molecule has 0 aliphatic rings.